The number of nitrogens with one attached hydrogen (secondary N) is 2. The van der Waals surface area contributed by atoms with Crippen LogP contribution in [0.1, 0.15) is 38.1 Å². The summed E-state index contributed by atoms with van der Waals surface area (Å²) in [7, 11) is 0. The molecular weight excluding hydrogens is 336 g/mol. The Morgan fingerprint density at radius 3 is 2.33 bits per heavy atom. The zero-order valence-corrected chi connectivity index (χ0v) is 16.1. The molecule has 5 heteroatoms. The molecule has 1 heterocycles. The van der Waals surface area contributed by atoms with Gasteiger partial charge in [0, 0.05) is 28.4 Å². The van der Waals surface area contributed by atoms with Crippen molar-refractivity contribution in [2.75, 3.05) is 10.6 Å². The number of Topliss-reactive ketones (excluding diaryl/α,β-unsaturated/α-hetero) is 1. The van der Waals surface area contributed by atoms with E-state index in [-0.39, 0.29) is 11.3 Å². The lowest BCUT2D eigenvalue weighted by molar-refractivity contribution is 0.101. The summed E-state index contributed by atoms with van der Waals surface area (Å²) in [6, 6.07) is 19.3. The Morgan fingerprint density at radius 1 is 0.926 bits per heavy atom. The number of aromatic nitrogens is 2. The van der Waals surface area contributed by atoms with Gasteiger partial charge in [0.05, 0.1) is 5.69 Å². The maximum Gasteiger partial charge on any atom is 0.225 e. The number of carbonyl (C=O) groups is 1. The highest BCUT2D eigenvalue weighted by Gasteiger charge is 2.14. The maximum atomic E-state index is 11.6. The van der Waals surface area contributed by atoms with E-state index < -0.39 is 0 Å². The number of hydrogen-bond acceptors (Lipinski definition) is 5. The summed E-state index contributed by atoms with van der Waals surface area (Å²) < 4.78 is 0. The van der Waals surface area contributed by atoms with Crippen LogP contribution in [0.25, 0.3) is 11.3 Å². The third-order valence-electron chi connectivity index (χ3n) is 3.82. The van der Waals surface area contributed by atoms with Crippen LogP contribution in [-0.2, 0) is 0 Å². The van der Waals surface area contributed by atoms with Gasteiger partial charge in [0.25, 0.3) is 0 Å². The molecule has 27 heavy (non-hydrogen) atoms. The summed E-state index contributed by atoms with van der Waals surface area (Å²) in [5, 5.41) is 6.62. The van der Waals surface area contributed by atoms with Crippen LogP contribution >= 0.6 is 0 Å². The van der Waals surface area contributed by atoms with Gasteiger partial charge in [-0.3, -0.25) is 4.79 Å². The first-order valence-electron chi connectivity index (χ1n) is 8.91. The molecular formula is C22H24N4O. The lowest BCUT2D eigenvalue weighted by Crippen LogP contribution is -2.27. The minimum absolute atomic E-state index is 0.0291. The van der Waals surface area contributed by atoms with Crippen molar-refractivity contribution in [1.29, 1.82) is 0 Å². The molecule has 0 aliphatic carbocycles. The van der Waals surface area contributed by atoms with Gasteiger partial charge in [0.2, 0.25) is 5.95 Å². The smallest absolute Gasteiger partial charge is 0.225 e. The SMILES string of the molecule is CC(=O)c1cccc(Nc2cc(-c3ccccc3)nc(NC(C)(C)C)n2)c1. The Balaban J connectivity index is 1.99. The molecule has 0 unspecified atom stereocenters. The summed E-state index contributed by atoms with van der Waals surface area (Å²) in [5.74, 6) is 1.24. The van der Waals surface area contributed by atoms with Crippen molar-refractivity contribution in [1.82, 2.24) is 9.97 Å². The molecule has 0 atom stereocenters. The van der Waals surface area contributed by atoms with Crippen LogP contribution in [0, 0.1) is 0 Å². The highest BCUT2D eigenvalue weighted by Crippen LogP contribution is 2.25. The van der Waals surface area contributed by atoms with Gasteiger partial charge in [-0.25, -0.2) is 4.98 Å². The van der Waals surface area contributed by atoms with Crippen molar-refractivity contribution >= 4 is 23.2 Å². The molecule has 3 rings (SSSR count). The highest BCUT2D eigenvalue weighted by molar-refractivity contribution is 5.95. The van der Waals surface area contributed by atoms with E-state index in [9.17, 15) is 4.79 Å². The van der Waals surface area contributed by atoms with Gasteiger partial charge in [0.15, 0.2) is 5.78 Å². The molecule has 138 valence electrons. The number of ketones is 1. The maximum absolute atomic E-state index is 11.6. The van der Waals surface area contributed by atoms with Crippen LogP contribution in [0.15, 0.2) is 60.7 Å². The van der Waals surface area contributed by atoms with Crippen LogP contribution in [0.3, 0.4) is 0 Å². The van der Waals surface area contributed by atoms with E-state index in [0.717, 1.165) is 16.9 Å². The number of rotatable bonds is 5. The summed E-state index contributed by atoms with van der Waals surface area (Å²) in [6.07, 6.45) is 0. The normalized spacial score (nSPS) is 11.1. The third kappa shape index (κ3) is 5.14. The van der Waals surface area contributed by atoms with Gasteiger partial charge >= 0.3 is 0 Å². The molecule has 5 nitrogen and oxygen atoms in total. The second-order valence-electron chi connectivity index (χ2n) is 7.47. The van der Waals surface area contributed by atoms with Crippen molar-refractivity contribution < 1.29 is 4.79 Å². The van der Waals surface area contributed by atoms with E-state index in [0.29, 0.717) is 17.3 Å². The van der Waals surface area contributed by atoms with Gasteiger partial charge in [-0.05, 0) is 39.8 Å². The molecule has 1 aromatic heterocycles. The second-order valence-corrected chi connectivity index (χ2v) is 7.47. The minimum Gasteiger partial charge on any atom is -0.350 e. The largest absolute Gasteiger partial charge is 0.350 e. The van der Waals surface area contributed by atoms with Gasteiger partial charge in [-0.1, -0.05) is 42.5 Å². The van der Waals surface area contributed by atoms with E-state index in [2.05, 4.69) is 41.4 Å². The highest BCUT2D eigenvalue weighted by atomic mass is 16.1. The molecule has 0 radical (unpaired) electrons. The zero-order valence-electron chi connectivity index (χ0n) is 16.1. The topological polar surface area (TPSA) is 66.9 Å². The van der Waals surface area contributed by atoms with Crippen LogP contribution in [0.5, 0.6) is 0 Å². The zero-order chi connectivity index (χ0) is 19.4. The molecule has 0 aliphatic rings. The first-order valence-corrected chi connectivity index (χ1v) is 8.91. The predicted molar refractivity (Wildman–Crippen MR) is 111 cm³/mol. The predicted octanol–water partition coefficient (Wildman–Crippen LogP) is 5.30. The van der Waals surface area contributed by atoms with E-state index in [1.165, 1.54) is 0 Å². The van der Waals surface area contributed by atoms with Crippen molar-refractivity contribution in [3.05, 3.63) is 66.2 Å². The molecule has 0 fully saturated rings. The van der Waals surface area contributed by atoms with Crippen LogP contribution in [0.4, 0.5) is 17.5 Å². The summed E-state index contributed by atoms with van der Waals surface area (Å²) in [6.45, 7) is 7.75. The van der Waals surface area contributed by atoms with Crippen LogP contribution < -0.4 is 10.6 Å². The molecule has 3 aromatic rings. The van der Waals surface area contributed by atoms with Gasteiger partial charge < -0.3 is 10.6 Å². The molecule has 0 saturated carbocycles. The molecule has 0 amide bonds. The molecule has 2 aromatic carbocycles. The fourth-order valence-corrected chi connectivity index (χ4v) is 2.62. The van der Waals surface area contributed by atoms with Crippen LogP contribution in [-0.4, -0.2) is 21.3 Å². The van der Waals surface area contributed by atoms with Crippen molar-refractivity contribution in [2.45, 2.75) is 33.2 Å². The lowest BCUT2D eigenvalue weighted by atomic mass is 10.1. The average molecular weight is 360 g/mol. The van der Waals surface area contributed by atoms with Crippen molar-refractivity contribution in [3.63, 3.8) is 0 Å². The van der Waals surface area contributed by atoms with E-state index >= 15 is 0 Å². The van der Waals surface area contributed by atoms with Crippen LogP contribution in [0.2, 0.25) is 0 Å². The molecule has 2 N–H and O–H groups in total. The fourth-order valence-electron chi connectivity index (χ4n) is 2.62. The molecule has 0 bridgehead atoms. The Kier molecular flexibility index (Phi) is 5.21. The summed E-state index contributed by atoms with van der Waals surface area (Å²) >= 11 is 0. The number of nitrogens with zero attached hydrogens (tertiary/aromatic N) is 2. The average Bonchev–Trinajstić information content (AvgIpc) is 2.61. The lowest BCUT2D eigenvalue weighted by Gasteiger charge is -2.21. The quantitative estimate of drug-likeness (QED) is 0.604. The Bertz CT molecular complexity index is 946. The van der Waals surface area contributed by atoms with Gasteiger partial charge in [-0.2, -0.15) is 4.98 Å². The van der Waals surface area contributed by atoms with E-state index in [1.807, 2.05) is 54.6 Å². The Hall–Kier alpha value is -3.21. The minimum atomic E-state index is -0.166. The second kappa shape index (κ2) is 7.58. The molecule has 0 saturated heterocycles. The van der Waals surface area contributed by atoms with Crippen molar-refractivity contribution in [2.24, 2.45) is 0 Å². The monoisotopic (exact) mass is 360 g/mol. The fraction of sp³-hybridized carbons (Fsp3) is 0.227. The van der Waals surface area contributed by atoms with Crippen molar-refractivity contribution in [3.8, 4) is 11.3 Å². The summed E-state index contributed by atoms with van der Waals surface area (Å²) in [5.41, 5.74) is 3.13. The third-order valence-corrected chi connectivity index (χ3v) is 3.82. The van der Waals surface area contributed by atoms with Gasteiger partial charge in [0.1, 0.15) is 5.82 Å². The first-order chi connectivity index (χ1) is 12.8. The Morgan fingerprint density at radius 2 is 1.67 bits per heavy atom. The van der Waals surface area contributed by atoms with E-state index in [4.69, 9.17) is 0 Å². The standard InChI is InChI=1S/C22H24N4O/c1-15(27)17-11-8-12-18(13-17)23-20-14-19(16-9-6-5-7-10-16)24-21(25-20)26-22(2,3)4/h5-14H,1-4H3,(H2,23,24,25,26). The Labute approximate surface area is 159 Å². The van der Waals surface area contributed by atoms with Gasteiger partial charge in [-0.15, -0.1) is 0 Å². The summed E-state index contributed by atoms with van der Waals surface area (Å²) in [4.78, 5) is 20.9. The molecule has 0 aliphatic heterocycles. The first kappa shape index (κ1) is 18.6. The van der Waals surface area contributed by atoms with E-state index in [1.54, 1.807) is 13.0 Å². The molecule has 0 spiro atoms. The number of carbonyl (C=O) groups excluding carboxylic acids is 1. The number of hydrogen-bond donors (Lipinski definition) is 2. The number of benzene rings is 2. The number of anilines is 3.